The standard InChI is InChI=1S/C19H19F3N2O3S/c1-11(18-24-13-5-3-4-6-14(13)27-18)9-16(25)23-12(2)15-7-8-17(28-15)26-10-19(20,21)22/h3-8,11-12H,9-10H2,1-2H3,(H,23,25). The third-order valence-corrected chi connectivity index (χ3v) is 5.19. The molecule has 1 aromatic carbocycles. The molecule has 28 heavy (non-hydrogen) atoms. The highest BCUT2D eigenvalue weighted by Crippen LogP contribution is 2.31. The van der Waals surface area contributed by atoms with Crippen molar-refractivity contribution in [2.75, 3.05) is 6.61 Å². The van der Waals surface area contributed by atoms with E-state index in [1.54, 1.807) is 13.0 Å². The number of fused-ring (bicyclic) bond motifs is 1. The number of oxazole rings is 1. The number of aromatic nitrogens is 1. The predicted molar refractivity (Wildman–Crippen MR) is 99.5 cm³/mol. The predicted octanol–water partition coefficient (Wildman–Crippen LogP) is 5.20. The molecular weight excluding hydrogens is 393 g/mol. The molecule has 9 heteroatoms. The summed E-state index contributed by atoms with van der Waals surface area (Å²) in [6, 6.07) is 10.1. The van der Waals surface area contributed by atoms with Gasteiger partial charge in [-0.1, -0.05) is 19.1 Å². The molecule has 0 saturated heterocycles. The zero-order valence-corrected chi connectivity index (χ0v) is 16.1. The monoisotopic (exact) mass is 412 g/mol. The third kappa shape index (κ3) is 5.25. The van der Waals surface area contributed by atoms with Crippen LogP contribution in [0.1, 0.15) is 43.0 Å². The largest absolute Gasteiger partial charge is 0.475 e. The molecule has 2 unspecified atom stereocenters. The number of para-hydroxylation sites is 2. The number of rotatable bonds is 7. The number of nitrogens with zero attached hydrogens (tertiary/aromatic N) is 1. The molecule has 150 valence electrons. The topological polar surface area (TPSA) is 64.4 Å². The number of ether oxygens (including phenoxy) is 1. The average molecular weight is 412 g/mol. The first-order valence-corrected chi connectivity index (χ1v) is 9.47. The molecule has 1 amide bonds. The van der Waals surface area contributed by atoms with Crippen molar-refractivity contribution in [3.05, 3.63) is 47.2 Å². The van der Waals surface area contributed by atoms with E-state index in [0.29, 0.717) is 16.4 Å². The van der Waals surface area contributed by atoms with E-state index in [2.05, 4.69) is 10.3 Å². The van der Waals surface area contributed by atoms with Gasteiger partial charge in [0.05, 0.1) is 6.04 Å². The Kier molecular flexibility index (Phi) is 5.93. The second kappa shape index (κ2) is 8.22. The Labute approximate surface area is 163 Å². The zero-order valence-electron chi connectivity index (χ0n) is 15.2. The summed E-state index contributed by atoms with van der Waals surface area (Å²) < 4.78 is 47.1. The molecule has 2 heterocycles. The minimum atomic E-state index is -4.38. The number of carbonyl (C=O) groups excluding carboxylic acids is 1. The summed E-state index contributed by atoms with van der Waals surface area (Å²) in [5.41, 5.74) is 1.41. The first-order valence-electron chi connectivity index (χ1n) is 8.65. The van der Waals surface area contributed by atoms with Crippen molar-refractivity contribution in [1.29, 1.82) is 0 Å². The van der Waals surface area contributed by atoms with Gasteiger partial charge < -0.3 is 14.5 Å². The fraction of sp³-hybridized carbons (Fsp3) is 0.368. The van der Waals surface area contributed by atoms with E-state index in [1.807, 2.05) is 31.2 Å². The number of carbonyl (C=O) groups is 1. The van der Waals surface area contributed by atoms with Crippen LogP contribution in [0, 0.1) is 0 Å². The molecular formula is C19H19F3N2O3S. The minimum absolute atomic E-state index is 0.160. The highest BCUT2D eigenvalue weighted by atomic mass is 32.1. The number of halogens is 3. The van der Waals surface area contributed by atoms with Crippen LogP contribution in [-0.2, 0) is 4.79 Å². The Morgan fingerprint density at radius 1 is 1.25 bits per heavy atom. The van der Waals surface area contributed by atoms with Crippen molar-refractivity contribution in [1.82, 2.24) is 10.3 Å². The summed E-state index contributed by atoms with van der Waals surface area (Å²) in [4.78, 5) is 17.4. The van der Waals surface area contributed by atoms with E-state index in [0.717, 1.165) is 16.9 Å². The van der Waals surface area contributed by atoms with Crippen LogP contribution >= 0.6 is 11.3 Å². The molecule has 0 bridgehead atoms. The van der Waals surface area contributed by atoms with Crippen molar-refractivity contribution in [3.63, 3.8) is 0 Å². The summed E-state index contributed by atoms with van der Waals surface area (Å²) in [5.74, 6) is 0.0741. The Balaban J connectivity index is 1.54. The van der Waals surface area contributed by atoms with Crippen LogP contribution in [0.5, 0.6) is 5.06 Å². The van der Waals surface area contributed by atoms with Gasteiger partial charge in [0, 0.05) is 17.2 Å². The van der Waals surface area contributed by atoms with Gasteiger partial charge >= 0.3 is 6.18 Å². The van der Waals surface area contributed by atoms with Gasteiger partial charge in [-0.05, 0) is 31.2 Å². The van der Waals surface area contributed by atoms with E-state index in [-0.39, 0.29) is 29.4 Å². The summed E-state index contributed by atoms with van der Waals surface area (Å²) in [6.45, 7) is 2.28. The number of nitrogens with one attached hydrogen (secondary N) is 1. The van der Waals surface area contributed by atoms with Gasteiger partial charge in [-0.2, -0.15) is 13.2 Å². The molecule has 1 N–H and O–H groups in total. The molecule has 5 nitrogen and oxygen atoms in total. The van der Waals surface area contributed by atoms with E-state index in [9.17, 15) is 18.0 Å². The summed E-state index contributed by atoms with van der Waals surface area (Å²) in [7, 11) is 0. The van der Waals surface area contributed by atoms with Gasteiger partial charge in [0.15, 0.2) is 23.1 Å². The number of hydrogen-bond acceptors (Lipinski definition) is 5. The van der Waals surface area contributed by atoms with Crippen molar-refractivity contribution in [3.8, 4) is 5.06 Å². The summed E-state index contributed by atoms with van der Waals surface area (Å²) >= 11 is 1.07. The number of thiophene rings is 1. The SMILES string of the molecule is CC(CC(=O)NC(C)c1ccc(OCC(F)(F)F)s1)c1nc2ccccc2o1. The molecule has 2 atom stereocenters. The van der Waals surface area contributed by atoms with Gasteiger partial charge in [0.25, 0.3) is 0 Å². The zero-order chi connectivity index (χ0) is 20.3. The Bertz CT molecular complexity index is 918. The second-order valence-electron chi connectivity index (χ2n) is 6.47. The van der Waals surface area contributed by atoms with Crippen LogP contribution < -0.4 is 10.1 Å². The van der Waals surface area contributed by atoms with Gasteiger partial charge in [0.1, 0.15) is 5.52 Å². The third-order valence-electron chi connectivity index (χ3n) is 4.01. The van der Waals surface area contributed by atoms with Crippen LogP contribution in [0.2, 0.25) is 0 Å². The molecule has 0 aliphatic carbocycles. The molecule has 0 saturated carbocycles. The average Bonchev–Trinajstić information content (AvgIpc) is 3.26. The van der Waals surface area contributed by atoms with Crippen molar-refractivity contribution in [2.24, 2.45) is 0 Å². The maximum absolute atomic E-state index is 12.3. The van der Waals surface area contributed by atoms with Gasteiger partial charge in [-0.25, -0.2) is 4.98 Å². The first kappa shape index (κ1) is 20.2. The number of amides is 1. The highest BCUT2D eigenvalue weighted by molar-refractivity contribution is 7.13. The van der Waals surface area contributed by atoms with E-state index in [4.69, 9.17) is 9.15 Å². The summed E-state index contributed by atoms with van der Waals surface area (Å²) in [6.07, 6.45) is -4.20. The molecule has 3 rings (SSSR count). The second-order valence-corrected chi connectivity index (χ2v) is 7.55. The van der Waals surface area contributed by atoms with E-state index < -0.39 is 12.8 Å². The molecule has 0 spiro atoms. The Morgan fingerprint density at radius 2 is 2.00 bits per heavy atom. The van der Waals surface area contributed by atoms with Gasteiger partial charge in [0.2, 0.25) is 5.91 Å². The quantitative estimate of drug-likeness (QED) is 0.579. The molecule has 0 radical (unpaired) electrons. The van der Waals surface area contributed by atoms with Gasteiger partial charge in [-0.3, -0.25) is 4.79 Å². The lowest BCUT2D eigenvalue weighted by molar-refractivity contribution is -0.152. The fourth-order valence-corrected chi connectivity index (χ4v) is 3.49. The normalized spacial score (nSPS) is 14.0. The van der Waals surface area contributed by atoms with Crippen LogP contribution in [0.15, 0.2) is 40.8 Å². The molecule has 3 aromatic rings. The molecule has 2 aromatic heterocycles. The van der Waals surface area contributed by atoms with Crippen molar-refractivity contribution >= 4 is 28.3 Å². The van der Waals surface area contributed by atoms with Crippen LogP contribution in [-0.4, -0.2) is 23.7 Å². The van der Waals surface area contributed by atoms with Crippen LogP contribution in [0.4, 0.5) is 13.2 Å². The molecule has 0 fully saturated rings. The van der Waals surface area contributed by atoms with Crippen molar-refractivity contribution in [2.45, 2.75) is 38.4 Å². The minimum Gasteiger partial charge on any atom is -0.475 e. The first-order chi connectivity index (χ1) is 13.2. The summed E-state index contributed by atoms with van der Waals surface area (Å²) in [5, 5.41) is 3.00. The number of hydrogen-bond donors (Lipinski definition) is 1. The van der Waals surface area contributed by atoms with Gasteiger partial charge in [-0.15, -0.1) is 11.3 Å². The molecule has 0 aliphatic heterocycles. The van der Waals surface area contributed by atoms with E-state index in [1.165, 1.54) is 6.07 Å². The van der Waals surface area contributed by atoms with Crippen LogP contribution in [0.25, 0.3) is 11.1 Å². The maximum Gasteiger partial charge on any atom is 0.422 e. The Hall–Kier alpha value is -2.55. The van der Waals surface area contributed by atoms with Crippen LogP contribution in [0.3, 0.4) is 0 Å². The fourth-order valence-electron chi connectivity index (χ4n) is 2.64. The van der Waals surface area contributed by atoms with E-state index >= 15 is 0 Å². The number of alkyl halides is 3. The highest BCUT2D eigenvalue weighted by Gasteiger charge is 2.29. The lowest BCUT2D eigenvalue weighted by atomic mass is 10.1. The van der Waals surface area contributed by atoms with Crippen molar-refractivity contribution < 1.29 is 27.1 Å². The number of benzene rings is 1. The lowest BCUT2D eigenvalue weighted by Gasteiger charge is -2.14. The lowest BCUT2D eigenvalue weighted by Crippen LogP contribution is -2.27. The Morgan fingerprint density at radius 3 is 2.71 bits per heavy atom. The molecule has 0 aliphatic rings. The maximum atomic E-state index is 12.3. The smallest absolute Gasteiger partial charge is 0.422 e.